The molecule has 0 aromatic heterocycles. The van der Waals surface area contributed by atoms with Gasteiger partial charge in [-0.25, -0.2) is 13.1 Å². The Morgan fingerprint density at radius 3 is 2.53 bits per heavy atom. The van der Waals surface area contributed by atoms with Crippen molar-refractivity contribution >= 4 is 15.9 Å². The summed E-state index contributed by atoms with van der Waals surface area (Å²) in [7, 11) is -3.44. The molecule has 6 nitrogen and oxygen atoms in total. The predicted octanol–water partition coefficient (Wildman–Crippen LogP) is -1.22. The van der Waals surface area contributed by atoms with E-state index in [0.29, 0.717) is 6.54 Å². The fourth-order valence-electron chi connectivity index (χ4n) is 0.938. The average molecular weight is 237 g/mol. The van der Waals surface area contributed by atoms with Crippen molar-refractivity contribution in [3.8, 4) is 0 Å². The second-order valence-electron chi connectivity index (χ2n) is 3.24. The summed E-state index contributed by atoms with van der Waals surface area (Å²) in [5.41, 5.74) is 5.13. The summed E-state index contributed by atoms with van der Waals surface area (Å²) in [5, 5.41) is 2.60. The maximum absolute atomic E-state index is 11.3. The lowest BCUT2D eigenvalue weighted by atomic mass is 10.3. The van der Waals surface area contributed by atoms with E-state index in [1.54, 1.807) is 0 Å². The van der Waals surface area contributed by atoms with Crippen LogP contribution in [0.15, 0.2) is 0 Å². The van der Waals surface area contributed by atoms with Crippen LogP contribution in [0.25, 0.3) is 0 Å². The second kappa shape index (κ2) is 6.76. The number of sulfonamides is 1. The molecule has 0 rings (SSSR count). The molecule has 15 heavy (non-hydrogen) atoms. The van der Waals surface area contributed by atoms with Gasteiger partial charge in [0.05, 0.1) is 11.8 Å². The minimum Gasteiger partial charge on any atom is -0.355 e. The molecule has 0 fully saturated rings. The number of rotatable bonds is 7. The van der Waals surface area contributed by atoms with Crippen molar-refractivity contribution in [3.63, 3.8) is 0 Å². The van der Waals surface area contributed by atoms with E-state index in [1.807, 2.05) is 6.92 Å². The van der Waals surface area contributed by atoms with E-state index in [4.69, 9.17) is 5.73 Å². The highest BCUT2D eigenvalue weighted by atomic mass is 32.2. The summed E-state index contributed by atoms with van der Waals surface area (Å²) in [5.74, 6) is -0.490. The van der Waals surface area contributed by atoms with E-state index in [0.717, 1.165) is 6.42 Å². The molecule has 1 amide bonds. The molecule has 0 aliphatic rings. The zero-order valence-electron chi connectivity index (χ0n) is 9.12. The third-order valence-corrected chi connectivity index (χ3v) is 3.17. The van der Waals surface area contributed by atoms with Crippen LogP contribution in [0, 0.1) is 0 Å². The van der Waals surface area contributed by atoms with Crippen LogP contribution in [0.3, 0.4) is 0 Å². The predicted molar refractivity (Wildman–Crippen MR) is 58.7 cm³/mol. The molecular formula is C8H19N3O3S. The summed E-state index contributed by atoms with van der Waals surface area (Å²) >= 11 is 0. The lowest BCUT2D eigenvalue weighted by Gasteiger charge is -2.13. The van der Waals surface area contributed by atoms with Crippen LogP contribution in [0.1, 0.15) is 20.3 Å². The summed E-state index contributed by atoms with van der Waals surface area (Å²) in [6, 6.07) is -0.756. The summed E-state index contributed by atoms with van der Waals surface area (Å²) < 4.78 is 24.7. The zero-order valence-corrected chi connectivity index (χ0v) is 9.93. The quantitative estimate of drug-likeness (QED) is 0.516. The van der Waals surface area contributed by atoms with Gasteiger partial charge in [-0.2, -0.15) is 0 Å². The first-order chi connectivity index (χ1) is 6.93. The van der Waals surface area contributed by atoms with Crippen molar-refractivity contribution in [3.05, 3.63) is 0 Å². The van der Waals surface area contributed by atoms with Crippen LogP contribution < -0.4 is 15.8 Å². The molecule has 1 atom stereocenters. The molecule has 0 saturated heterocycles. The van der Waals surface area contributed by atoms with Crippen LogP contribution in [0.2, 0.25) is 0 Å². The van der Waals surface area contributed by atoms with Gasteiger partial charge in [0.25, 0.3) is 0 Å². The Morgan fingerprint density at radius 1 is 1.47 bits per heavy atom. The maximum atomic E-state index is 11.3. The van der Waals surface area contributed by atoms with Crippen LogP contribution in [0.5, 0.6) is 0 Å². The van der Waals surface area contributed by atoms with Gasteiger partial charge in [0.1, 0.15) is 0 Å². The number of hydrogen-bond donors (Lipinski definition) is 3. The first-order valence-corrected chi connectivity index (χ1v) is 6.56. The van der Waals surface area contributed by atoms with E-state index in [1.165, 1.54) is 6.92 Å². The monoisotopic (exact) mass is 237 g/mol. The Labute approximate surface area is 90.7 Å². The molecule has 0 radical (unpaired) electrons. The Morgan fingerprint density at radius 2 is 2.07 bits per heavy atom. The number of carbonyl (C=O) groups excluding carboxylic acids is 1. The SMILES string of the molecule is CCCNC(=O)C(C)NS(=O)(=O)CCN. The van der Waals surface area contributed by atoms with Crippen LogP contribution in [-0.2, 0) is 14.8 Å². The highest BCUT2D eigenvalue weighted by Gasteiger charge is 2.18. The van der Waals surface area contributed by atoms with Gasteiger partial charge in [0, 0.05) is 13.1 Å². The van der Waals surface area contributed by atoms with Gasteiger partial charge >= 0.3 is 0 Å². The third-order valence-electron chi connectivity index (χ3n) is 1.69. The first-order valence-electron chi connectivity index (χ1n) is 4.90. The Balaban J connectivity index is 4.12. The van der Waals surface area contributed by atoms with E-state index < -0.39 is 16.1 Å². The van der Waals surface area contributed by atoms with E-state index in [9.17, 15) is 13.2 Å². The molecule has 7 heteroatoms. The van der Waals surface area contributed by atoms with Gasteiger partial charge in [0.15, 0.2) is 0 Å². The van der Waals surface area contributed by atoms with Crippen molar-refractivity contribution in [2.75, 3.05) is 18.8 Å². The third kappa shape index (κ3) is 6.43. The van der Waals surface area contributed by atoms with Gasteiger partial charge in [-0.3, -0.25) is 4.79 Å². The molecule has 0 aliphatic carbocycles. The smallest absolute Gasteiger partial charge is 0.237 e. The molecule has 0 spiro atoms. The number of nitrogens with one attached hydrogen (secondary N) is 2. The molecular weight excluding hydrogens is 218 g/mol. The van der Waals surface area contributed by atoms with Gasteiger partial charge < -0.3 is 11.1 Å². The summed E-state index contributed by atoms with van der Waals surface area (Å²) in [6.07, 6.45) is 0.814. The molecule has 0 bridgehead atoms. The molecule has 1 unspecified atom stereocenters. The topological polar surface area (TPSA) is 101 Å². The largest absolute Gasteiger partial charge is 0.355 e. The highest BCUT2D eigenvalue weighted by molar-refractivity contribution is 7.89. The summed E-state index contributed by atoms with van der Waals surface area (Å²) in [6.45, 7) is 4.00. The lowest BCUT2D eigenvalue weighted by Crippen LogP contribution is -2.46. The van der Waals surface area contributed by atoms with Crippen molar-refractivity contribution in [2.45, 2.75) is 26.3 Å². The van der Waals surface area contributed by atoms with Gasteiger partial charge in [-0.15, -0.1) is 0 Å². The molecule has 0 aliphatic heterocycles. The Hall–Kier alpha value is -0.660. The lowest BCUT2D eigenvalue weighted by molar-refractivity contribution is -0.122. The molecule has 0 aromatic carbocycles. The Kier molecular flexibility index (Phi) is 6.46. The maximum Gasteiger partial charge on any atom is 0.237 e. The highest BCUT2D eigenvalue weighted by Crippen LogP contribution is 1.89. The molecule has 4 N–H and O–H groups in total. The summed E-state index contributed by atoms with van der Waals surface area (Å²) in [4.78, 5) is 11.3. The van der Waals surface area contributed by atoms with E-state index >= 15 is 0 Å². The van der Waals surface area contributed by atoms with Crippen LogP contribution in [0.4, 0.5) is 0 Å². The van der Waals surface area contributed by atoms with Crippen molar-refractivity contribution in [1.82, 2.24) is 10.0 Å². The zero-order chi connectivity index (χ0) is 11.9. The normalized spacial score (nSPS) is 13.5. The molecule has 0 saturated carbocycles. The minimum absolute atomic E-state index is 0.0403. The number of amides is 1. The fourth-order valence-corrected chi connectivity index (χ4v) is 2.01. The van der Waals surface area contributed by atoms with Crippen LogP contribution in [-0.4, -0.2) is 39.2 Å². The van der Waals surface area contributed by atoms with Gasteiger partial charge in [-0.05, 0) is 13.3 Å². The first kappa shape index (κ1) is 14.3. The minimum atomic E-state index is -3.44. The standard InChI is InChI=1S/C8H19N3O3S/c1-3-5-10-8(12)7(2)11-15(13,14)6-4-9/h7,11H,3-6,9H2,1-2H3,(H,10,12). The fraction of sp³-hybridized carbons (Fsp3) is 0.875. The average Bonchev–Trinajstić information content (AvgIpc) is 2.13. The Bertz CT molecular complexity index is 290. The number of carbonyl (C=O) groups is 1. The number of nitrogens with two attached hydrogens (primary N) is 1. The van der Waals surface area contributed by atoms with Gasteiger partial charge in [0.2, 0.25) is 15.9 Å². The molecule has 0 aromatic rings. The van der Waals surface area contributed by atoms with Crippen molar-refractivity contribution in [1.29, 1.82) is 0 Å². The number of hydrogen-bond acceptors (Lipinski definition) is 4. The van der Waals surface area contributed by atoms with Crippen molar-refractivity contribution in [2.24, 2.45) is 5.73 Å². The van der Waals surface area contributed by atoms with E-state index in [2.05, 4.69) is 10.0 Å². The van der Waals surface area contributed by atoms with Crippen molar-refractivity contribution < 1.29 is 13.2 Å². The molecule has 0 heterocycles. The van der Waals surface area contributed by atoms with Crippen LogP contribution >= 0.6 is 0 Å². The van der Waals surface area contributed by atoms with Gasteiger partial charge in [-0.1, -0.05) is 6.92 Å². The molecule has 90 valence electrons. The van der Waals surface area contributed by atoms with E-state index in [-0.39, 0.29) is 18.2 Å². The second-order valence-corrected chi connectivity index (χ2v) is 5.11.